The molecular weight excluding hydrogens is 458 g/mol. The third-order valence-corrected chi connectivity index (χ3v) is 7.93. The van der Waals surface area contributed by atoms with Crippen LogP contribution in [0, 0.1) is 5.92 Å². The van der Waals surface area contributed by atoms with Gasteiger partial charge < -0.3 is 9.47 Å². The van der Waals surface area contributed by atoms with Gasteiger partial charge in [-0.05, 0) is 87.4 Å². The predicted octanol–water partition coefficient (Wildman–Crippen LogP) is 3.14. The van der Waals surface area contributed by atoms with Crippen LogP contribution in [-0.2, 0) is 26.1 Å². The van der Waals surface area contributed by atoms with Gasteiger partial charge in [0.1, 0.15) is 11.8 Å². The maximum absolute atomic E-state index is 13.9. The average molecular weight is 492 g/mol. The number of pyridine rings is 1. The van der Waals surface area contributed by atoms with Crippen molar-refractivity contribution in [2.24, 2.45) is 5.92 Å². The van der Waals surface area contributed by atoms with E-state index in [1.54, 1.807) is 42.1 Å². The Morgan fingerprint density at radius 1 is 1.09 bits per heavy atom. The maximum atomic E-state index is 13.9. The molecule has 3 rings (SSSR count). The first kappa shape index (κ1) is 26.1. The number of nitrogens with one attached hydrogen (secondary N) is 1. The Bertz CT molecular complexity index is 1010. The summed E-state index contributed by atoms with van der Waals surface area (Å²) in [5, 5.41) is 9.55. The van der Waals surface area contributed by atoms with Gasteiger partial charge in [-0.3, -0.25) is 15.0 Å². The molecular formula is C24H33N3O6S. The fourth-order valence-corrected chi connectivity index (χ4v) is 6.10. The van der Waals surface area contributed by atoms with Gasteiger partial charge in [0, 0.05) is 25.5 Å². The van der Waals surface area contributed by atoms with Gasteiger partial charge in [-0.15, -0.1) is 0 Å². The Hall–Kier alpha value is -2.53. The molecule has 34 heavy (non-hydrogen) atoms. The molecule has 2 aromatic rings. The standard InChI is InChI=1S/C24H33N3O6S/c1-3-32-20-7-5-19(6-8-20)23(24(28)26-29)27(17-18-13-15-25-16-14-18)34(30,31)22-11-9-21(10-12-22)33-4-2/h9-16,19-20,23,29H,3-8,17H2,1-2H3,(H,26,28). The molecule has 1 aliphatic carbocycles. The predicted molar refractivity (Wildman–Crippen MR) is 126 cm³/mol. The summed E-state index contributed by atoms with van der Waals surface area (Å²) in [6, 6.07) is 8.46. The minimum absolute atomic E-state index is 0.0401. The van der Waals surface area contributed by atoms with Gasteiger partial charge >= 0.3 is 0 Å². The minimum Gasteiger partial charge on any atom is -0.494 e. The molecule has 0 bridgehead atoms. The van der Waals surface area contributed by atoms with Crippen LogP contribution in [0.3, 0.4) is 0 Å². The highest BCUT2D eigenvalue weighted by atomic mass is 32.2. The Labute approximate surface area is 201 Å². The Balaban J connectivity index is 1.99. The molecule has 9 nitrogen and oxygen atoms in total. The molecule has 1 heterocycles. The summed E-state index contributed by atoms with van der Waals surface area (Å²) < 4.78 is 40.1. The highest BCUT2D eigenvalue weighted by molar-refractivity contribution is 7.89. The van der Waals surface area contributed by atoms with Crippen molar-refractivity contribution in [1.29, 1.82) is 0 Å². The third kappa shape index (κ3) is 6.32. The normalized spacial score (nSPS) is 19.5. The zero-order chi connectivity index (χ0) is 24.6. The zero-order valence-electron chi connectivity index (χ0n) is 19.6. The van der Waals surface area contributed by atoms with E-state index in [-0.39, 0.29) is 23.5 Å². The van der Waals surface area contributed by atoms with E-state index in [0.29, 0.717) is 37.4 Å². The monoisotopic (exact) mass is 491 g/mol. The Morgan fingerprint density at radius 3 is 2.29 bits per heavy atom. The van der Waals surface area contributed by atoms with E-state index in [0.717, 1.165) is 12.8 Å². The fraction of sp³-hybridized carbons (Fsp3) is 0.500. The molecule has 0 aliphatic heterocycles. The van der Waals surface area contributed by atoms with Crippen molar-refractivity contribution in [2.75, 3.05) is 13.2 Å². The van der Waals surface area contributed by atoms with Crippen molar-refractivity contribution in [3.05, 3.63) is 54.4 Å². The summed E-state index contributed by atoms with van der Waals surface area (Å²) in [4.78, 5) is 17.0. The molecule has 1 aliphatic rings. The number of amides is 1. The molecule has 10 heteroatoms. The smallest absolute Gasteiger partial charge is 0.262 e. The van der Waals surface area contributed by atoms with Gasteiger partial charge in [0.2, 0.25) is 10.0 Å². The van der Waals surface area contributed by atoms with Crippen LogP contribution < -0.4 is 10.2 Å². The third-order valence-electron chi connectivity index (χ3n) is 6.09. The van der Waals surface area contributed by atoms with Gasteiger partial charge in [-0.1, -0.05) is 0 Å². The molecule has 1 atom stereocenters. The number of hydrogen-bond donors (Lipinski definition) is 2. The summed E-state index contributed by atoms with van der Waals surface area (Å²) >= 11 is 0. The van der Waals surface area contributed by atoms with Crippen molar-refractivity contribution in [2.45, 2.75) is 63.1 Å². The summed E-state index contributed by atoms with van der Waals surface area (Å²) in [7, 11) is -4.10. The molecule has 0 saturated heterocycles. The number of rotatable bonds is 11. The molecule has 1 unspecified atom stereocenters. The average Bonchev–Trinajstić information content (AvgIpc) is 2.86. The first-order valence-electron chi connectivity index (χ1n) is 11.6. The summed E-state index contributed by atoms with van der Waals surface area (Å²) in [6.07, 6.45) is 5.90. The van der Waals surface area contributed by atoms with Crippen molar-refractivity contribution in [3.8, 4) is 5.75 Å². The number of nitrogens with zero attached hydrogens (tertiary/aromatic N) is 2. The van der Waals surface area contributed by atoms with Crippen molar-refractivity contribution in [3.63, 3.8) is 0 Å². The quantitative estimate of drug-likeness (QED) is 0.366. The van der Waals surface area contributed by atoms with Gasteiger partial charge in [0.05, 0.1) is 17.6 Å². The van der Waals surface area contributed by atoms with E-state index < -0.39 is 22.0 Å². The Morgan fingerprint density at radius 2 is 1.74 bits per heavy atom. The van der Waals surface area contributed by atoms with Crippen LogP contribution in [0.15, 0.2) is 53.7 Å². The molecule has 1 aromatic carbocycles. The number of carbonyl (C=O) groups excluding carboxylic acids is 1. The first-order valence-corrected chi connectivity index (χ1v) is 13.0. The Kier molecular flexibility index (Phi) is 9.40. The summed E-state index contributed by atoms with van der Waals surface area (Å²) in [5.74, 6) is -0.465. The van der Waals surface area contributed by atoms with Crippen molar-refractivity contribution < 1.29 is 27.9 Å². The number of carbonyl (C=O) groups is 1. The number of aromatic nitrogens is 1. The number of hydrogen-bond acceptors (Lipinski definition) is 7. The van der Waals surface area contributed by atoms with E-state index >= 15 is 0 Å². The van der Waals surface area contributed by atoms with Crippen LogP contribution in [0.25, 0.3) is 0 Å². The number of ether oxygens (including phenoxy) is 2. The molecule has 0 spiro atoms. The lowest BCUT2D eigenvalue weighted by Gasteiger charge is -2.38. The van der Waals surface area contributed by atoms with Crippen LogP contribution in [0.5, 0.6) is 5.75 Å². The SMILES string of the molecule is CCOc1ccc(S(=O)(=O)N(Cc2ccncc2)C(C(=O)NO)C2CCC(OCC)CC2)cc1. The number of sulfonamides is 1. The molecule has 186 valence electrons. The second-order valence-corrected chi connectivity index (χ2v) is 10.1. The zero-order valence-corrected chi connectivity index (χ0v) is 20.4. The summed E-state index contributed by atoms with van der Waals surface area (Å²) in [6.45, 7) is 4.81. The van der Waals surface area contributed by atoms with Crippen LogP contribution >= 0.6 is 0 Å². The molecule has 2 N–H and O–H groups in total. The van der Waals surface area contributed by atoms with Crippen LogP contribution in [0.1, 0.15) is 45.1 Å². The highest BCUT2D eigenvalue weighted by Crippen LogP contribution is 2.34. The maximum Gasteiger partial charge on any atom is 0.262 e. The van der Waals surface area contributed by atoms with Gasteiger partial charge in [-0.2, -0.15) is 4.31 Å². The summed E-state index contributed by atoms with van der Waals surface area (Å²) in [5.41, 5.74) is 2.39. The van der Waals surface area contributed by atoms with Gasteiger partial charge in [0.15, 0.2) is 0 Å². The van der Waals surface area contributed by atoms with Crippen molar-refractivity contribution >= 4 is 15.9 Å². The first-order chi connectivity index (χ1) is 16.4. The second kappa shape index (κ2) is 12.3. The largest absolute Gasteiger partial charge is 0.494 e. The molecule has 1 saturated carbocycles. The molecule has 1 aromatic heterocycles. The second-order valence-electron chi connectivity index (χ2n) is 8.22. The number of hydroxylamine groups is 1. The van der Waals surface area contributed by atoms with E-state index in [9.17, 15) is 18.4 Å². The fourth-order valence-electron chi connectivity index (χ4n) is 4.46. The van der Waals surface area contributed by atoms with E-state index in [2.05, 4.69) is 4.98 Å². The van der Waals surface area contributed by atoms with Crippen LogP contribution in [-0.4, -0.2) is 54.2 Å². The van der Waals surface area contributed by atoms with Crippen molar-refractivity contribution in [1.82, 2.24) is 14.8 Å². The van der Waals surface area contributed by atoms with Gasteiger partial charge in [0.25, 0.3) is 5.91 Å². The highest BCUT2D eigenvalue weighted by Gasteiger charge is 2.42. The topological polar surface area (TPSA) is 118 Å². The number of benzene rings is 1. The minimum atomic E-state index is -4.10. The van der Waals surface area contributed by atoms with E-state index in [1.165, 1.54) is 16.4 Å². The lowest BCUT2D eigenvalue weighted by Crippen LogP contribution is -2.53. The lowest BCUT2D eigenvalue weighted by atomic mass is 9.82. The van der Waals surface area contributed by atoms with E-state index in [1.807, 2.05) is 13.8 Å². The molecule has 1 amide bonds. The van der Waals surface area contributed by atoms with Crippen LogP contribution in [0.4, 0.5) is 0 Å². The van der Waals surface area contributed by atoms with E-state index in [4.69, 9.17) is 9.47 Å². The molecule has 0 radical (unpaired) electrons. The van der Waals surface area contributed by atoms with Gasteiger partial charge in [-0.25, -0.2) is 13.9 Å². The van der Waals surface area contributed by atoms with Crippen LogP contribution in [0.2, 0.25) is 0 Å². The lowest BCUT2D eigenvalue weighted by molar-refractivity contribution is -0.136. The molecule has 1 fully saturated rings.